The van der Waals surface area contributed by atoms with Gasteiger partial charge in [0.2, 0.25) is 0 Å². The monoisotopic (exact) mass is 296 g/mol. The number of aromatic nitrogens is 1. The van der Waals surface area contributed by atoms with Gasteiger partial charge in [-0.25, -0.2) is 4.98 Å². The number of thiazole rings is 1. The molecular formula is C15H24N2O2S. The summed E-state index contributed by atoms with van der Waals surface area (Å²) in [5.74, 6) is 0. The number of rotatable bonds is 5. The molecule has 0 atom stereocenters. The number of nitrogens with zero attached hydrogens (tertiary/aromatic N) is 2. The second kappa shape index (κ2) is 6.22. The fourth-order valence-corrected chi connectivity index (χ4v) is 3.68. The Bertz CT molecular complexity index is 460. The zero-order valence-corrected chi connectivity index (χ0v) is 13.6. The third kappa shape index (κ3) is 3.38. The molecule has 0 spiro atoms. The SMILES string of the molecule is COCc1nc(N(C)C2CCC(C)(C)CC2)sc1C=O. The molecule has 0 N–H and O–H groups in total. The van der Waals surface area contributed by atoms with E-state index in [-0.39, 0.29) is 0 Å². The number of aldehydes is 1. The quantitative estimate of drug-likeness (QED) is 0.780. The molecule has 0 aliphatic heterocycles. The fourth-order valence-electron chi connectivity index (χ4n) is 2.76. The maximum Gasteiger partial charge on any atom is 0.186 e. The van der Waals surface area contributed by atoms with Gasteiger partial charge in [0.05, 0.1) is 17.2 Å². The minimum Gasteiger partial charge on any atom is -0.378 e. The van der Waals surface area contributed by atoms with Gasteiger partial charge in [-0.05, 0) is 31.1 Å². The zero-order chi connectivity index (χ0) is 14.8. The summed E-state index contributed by atoms with van der Waals surface area (Å²) in [7, 11) is 3.72. The van der Waals surface area contributed by atoms with Gasteiger partial charge in [0.15, 0.2) is 11.4 Å². The van der Waals surface area contributed by atoms with E-state index >= 15 is 0 Å². The first-order valence-corrected chi connectivity index (χ1v) is 7.95. The van der Waals surface area contributed by atoms with Crippen molar-refractivity contribution < 1.29 is 9.53 Å². The van der Waals surface area contributed by atoms with Crippen molar-refractivity contribution in [2.24, 2.45) is 5.41 Å². The molecule has 0 aromatic carbocycles. The molecule has 112 valence electrons. The topological polar surface area (TPSA) is 42.4 Å². The second-order valence-electron chi connectivity index (χ2n) is 6.36. The van der Waals surface area contributed by atoms with Crippen LogP contribution in [0.2, 0.25) is 0 Å². The lowest BCUT2D eigenvalue weighted by Gasteiger charge is -2.38. The molecule has 0 amide bonds. The standard InChI is InChI=1S/C15H24N2O2S/c1-15(2)7-5-11(6-8-15)17(3)14-16-12(10-19-4)13(9-18)20-14/h9,11H,5-8,10H2,1-4H3. The van der Waals surface area contributed by atoms with Crippen molar-refractivity contribution >= 4 is 22.8 Å². The van der Waals surface area contributed by atoms with Crippen LogP contribution in [0.3, 0.4) is 0 Å². The van der Waals surface area contributed by atoms with E-state index in [1.807, 2.05) is 0 Å². The van der Waals surface area contributed by atoms with Crippen molar-refractivity contribution in [2.75, 3.05) is 19.1 Å². The van der Waals surface area contributed by atoms with Gasteiger partial charge in [0, 0.05) is 20.2 Å². The summed E-state index contributed by atoms with van der Waals surface area (Å²) < 4.78 is 5.10. The van der Waals surface area contributed by atoms with Gasteiger partial charge >= 0.3 is 0 Å². The number of hydrogen-bond donors (Lipinski definition) is 0. The predicted molar refractivity (Wildman–Crippen MR) is 82.7 cm³/mol. The molecule has 1 fully saturated rings. The summed E-state index contributed by atoms with van der Waals surface area (Å²) in [6.45, 7) is 5.08. The number of ether oxygens (including phenoxy) is 1. The normalized spacial score (nSPS) is 19.0. The van der Waals surface area contributed by atoms with Crippen LogP contribution >= 0.6 is 11.3 Å². The Morgan fingerprint density at radius 2 is 2.10 bits per heavy atom. The van der Waals surface area contributed by atoms with Gasteiger partial charge in [0.1, 0.15) is 0 Å². The number of anilines is 1. The maximum atomic E-state index is 11.1. The van der Waals surface area contributed by atoms with E-state index in [1.54, 1.807) is 7.11 Å². The Morgan fingerprint density at radius 3 is 2.65 bits per heavy atom. The van der Waals surface area contributed by atoms with Crippen LogP contribution in [-0.4, -0.2) is 31.5 Å². The molecule has 2 rings (SSSR count). The molecule has 1 aliphatic carbocycles. The van der Waals surface area contributed by atoms with Crippen molar-refractivity contribution in [3.63, 3.8) is 0 Å². The third-order valence-corrected chi connectivity index (χ3v) is 5.38. The van der Waals surface area contributed by atoms with Crippen LogP contribution in [-0.2, 0) is 11.3 Å². The summed E-state index contributed by atoms with van der Waals surface area (Å²) in [5, 5.41) is 0.934. The third-order valence-electron chi connectivity index (χ3n) is 4.26. The Morgan fingerprint density at radius 1 is 1.45 bits per heavy atom. The van der Waals surface area contributed by atoms with Crippen LogP contribution in [0, 0.1) is 5.41 Å². The zero-order valence-electron chi connectivity index (χ0n) is 12.8. The molecule has 0 unspecified atom stereocenters. The van der Waals surface area contributed by atoms with Crippen LogP contribution in [0.4, 0.5) is 5.13 Å². The van der Waals surface area contributed by atoms with Crippen molar-refractivity contribution in [1.29, 1.82) is 0 Å². The molecule has 1 aliphatic rings. The average Bonchev–Trinajstić information content (AvgIpc) is 2.81. The molecule has 1 heterocycles. The molecule has 0 radical (unpaired) electrons. The summed E-state index contributed by atoms with van der Waals surface area (Å²) in [6, 6.07) is 0.532. The van der Waals surface area contributed by atoms with Crippen molar-refractivity contribution in [3.05, 3.63) is 10.6 Å². The Kier molecular flexibility index (Phi) is 4.81. The largest absolute Gasteiger partial charge is 0.378 e. The van der Waals surface area contributed by atoms with Gasteiger partial charge in [-0.2, -0.15) is 0 Å². The number of carbonyl (C=O) groups excluding carboxylic acids is 1. The van der Waals surface area contributed by atoms with E-state index in [1.165, 1.54) is 37.0 Å². The first kappa shape index (κ1) is 15.4. The van der Waals surface area contributed by atoms with E-state index in [0.717, 1.165) is 17.1 Å². The summed E-state index contributed by atoms with van der Waals surface area (Å²) in [4.78, 5) is 18.6. The van der Waals surface area contributed by atoms with Crippen LogP contribution in [0.1, 0.15) is 54.9 Å². The minimum atomic E-state index is 0.399. The van der Waals surface area contributed by atoms with Gasteiger partial charge in [0.25, 0.3) is 0 Å². The maximum absolute atomic E-state index is 11.1. The highest BCUT2D eigenvalue weighted by atomic mass is 32.1. The number of methoxy groups -OCH3 is 1. The van der Waals surface area contributed by atoms with E-state index in [0.29, 0.717) is 22.9 Å². The van der Waals surface area contributed by atoms with E-state index in [2.05, 4.69) is 30.8 Å². The molecular weight excluding hydrogens is 272 g/mol. The Hall–Kier alpha value is -0.940. The lowest BCUT2D eigenvalue weighted by molar-refractivity contribution is 0.112. The summed E-state index contributed by atoms with van der Waals surface area (Å²) in [6.07, 6.45) is 5.77. The van der Waals surface area contributed by atoms with Gasteiger partial charge < -0.3 is 9.64 Å². The molecule has 1 aromatic rings. The van der Waals surface area contributed by atoms with Gasteiger partial charge in [-0.3, -0.25) is 4.79 Å². The van der Waals surface area contributed by atoms with Gasteiger partial charge in [-0.15, -0.1) is 0 Å². The molecule has 0 saturated heterocycles. The van der Waals surface area contributed by atoms with Crippen LogP contribution < -0.4 is 4.90 Å². The molecule has 1 saturated carbocycles. The van der Waals surface area contributed by atoms with Gasteiger partial charge in [-0.1, -0.05) is 25.2 Å². The second-order valence-corrected chi connectivity index (χ2v) is 7.37. The Balaban J connectivity index is 2.09. The number of carbonyl (C=O) groups is 1. The molecule has 0 bridgehead atoms. The summed E-state index contributed by atoms with van der Waals surface area (Å²) >= 11 is 1.47. The molecule has 20 heavy (non-hydrogen) atoms. The lowest BCUT2D eigenvalue weighted by atomic mass is 9.75. The smallest absolute Gasteiger partial charge is 0.186 e. The van der Waals surface area contributed by atoms with Crippen LogP contribution in [0.5, 0.6) is 0 Å². The lowest BCUT2D eigenvalue weighted by Crippen LogP contribution is -2.37. The van der Waals surface area contributed by atoms with E-state index < -0.39 is 0 Å². The van der Waals surface area contributed by atoms with Crippen molar-refractivity contribution in [3.8, 4) is 0 Å². The summed E-state index contributed by atoms with van der Waals surface area (Å²) in [5.41, 5.74) is 1.22. The highest BCUT2D eigenvalue weighted by Gasteiger charge is 2.30. The fraction of sp³-hybridized carbons (Fsp3) is 0.733. The Labute approximate surface area is 125 Å². The van der Waals surface area contributed by atoms with Crippen molar-refractivity contribution in [2.45, 2.75) is 52.2 Å². The number of hydrogen-bond acceptors (Lipinski definition) is 5. The molecule has 4 nitrogen and oxygen atoms in total. The van der Waals surface area contributed by atoms with Crippen LogP contribution in [0.15, 0.2) is 0 Å². The average molecular weight is 296 g/mol. The van der Waals surface area contributed by atoms with E-state index in [9.17, 15) is 4.79 Å². The highest BCUT2D eigenvalue weighted by Crippen LogP contribution is 2.38. The minimum absolute atomic E-state index is 0.399. The molecule has 1 aromatic heterocycles. The first-order valence-electron chi connectivity index (χ1n) is 7.13. The van der Waals surface area contributed by atoms with Crippen molar-refractivity contribution in [1.82, 2.24) is 4.98 Å². The predicted octanol–water partition coefficient (Wildman–Crippen LogP) is 3.51. The van der Waals surface area contributed by atoms with Crippen LogP contribution in [0.25, 0.3) is 0 Å². The van der Waals surface area contributed by atoms with E-state index in [4.69, 9.17) is 4.74 Å². The molecule has 5 heteroatoms. The first-order chi connectivity index (χ1) is 9.46. The highest BCUT2D eigenvalue weighted by molar-refractivity contribution is 7.17.